The Morgan fingerprint density at radius 2 is 1.57 bits per heavy atom. The van der Waals surface area contributed by atoms with E-state index in [2.05, 4.69) is 10.3 Å². The zero-order valence-electron chi connectivity index (χ0n) is 22.5. The third kappa shape index (κ3) is 7.00. The lowest BCUT2D eigenvalue weighted by molar-refractivity contribution is -0.141. The highest BCUT2D eigenvalue weighted by Crippen LogP contribution is 2.53. The average Bonchev–Trinajstić information content (AvgIpc) is 3.24. The van der Waals surface area contributed by atoms with Gasteiger partial charge in [0.25, 0.3) is 0 Å². The highest BCUT2D eigenvalue weighted by atomic mass is 31.2. The van der Waals surface area contributed by atoms with Gasteiger partial charge >= 0.3 is 13.8 Å². The first-order chi connectivity index (χ1) is 19.2. The molecule has 0 radical (unpaired) electrons. The van der Waals surface area contributed by atoms with E-state index in [0.29, 0.717) is 36.3 Å². The third-order valence-corrected chi connectivity index (χ3v) is 9.02. The molecular weight excluding hydrogens is 540 g/mol. The Balaban J connectivity index is 1.54. The maximum absolute atomic E-state index is 13.6. The maximum atomic E-state index is 13.6. The molecule has 6 nitrogen and oxygen atoms in total. The normalized spacial score (nSPS) is 15.2. The molecule has 1 N–H and O–H groups in total. The number of pyridine rings is 1. The van der Waals surface area contributed by atoms with E-state index in [0.717, 1.165) is 24.0 Å². The summed E-state index contributed by atoms with van der Waals surface area (Å²) in [6.07, 6.45) is -0.154. The summed E-state index contributed by atoms with van der Waals surface area (Å²) in [4.78, 5) is 17.8. The number of benzene rings is 2. The van der Waals surface area contributed by atoms with E-state index in [1.165, 1.54) is 0 Å². The first kappa shape index (κ1) is 30.0. The summed E-state index contributed by atoms with van der Waals surface area (Å²) in [6, 6.07) is 20.0. The largest absolute Gasteiger partial charge is 0.405 e. The lowest BCUT2D eigenvalue weighted by Gasteiger charge is -2.31. The van der Waals surface area contributed by atoms with Crippen LogP contribution >= 0.6 is 7.60 Å². The maximum Gasteiger partial charge on any atom is 0.405 e. The Bertz CT molecular complexity index is 1290. The standard InChI is InChI=1S/C30H34F3N2O4P/c1-2-3-19-38-40(37,39-21-23-12-8-10-18-34-23)20-11-9-17-29(28(36)35-22-30(31,32)33)26-15-6-4-13-24(26)25-14-5-7-16-27(25)29/h4-8,10,12-16,18H,2-3,9,11,17,19-22H2,1H3,(H,35,36). The number of nitrogens with one attached hydrogen (secondary N) is 1. The van der Waals surface area contributed by atoms with Crippen molar-refractivity contribution < 1.29 is 31.6 Å². The zero-order chi connectivity index (χ0) is 28.6. The number of unbranched alkanes of at least 4 members (excludes halogenated alkanes) is 2. The van der Waals surface area contributed by atoms with Crippen LogP contribution in [0.2, 0.25) is 0 Å². The number of hydrogen-bond acceptors (Lipinski definition) is 5. The van der Waals surface area contributed by atoms with Crippen LogP contribution in [0.5, 0.6) is 0 Å². The first-order valence-corrected chi connectivity index (χ1v) is 15.2. The van der Waals surface area contributed by atoms with Crippen LogP contribution in [-0.4, -0.2) is 36.4 Å². The number of rotatable bonds is 14. The number of halogens is 3. The second-order valence-electron chi connectivity index (χ2n) is 9.87. The van der Waals surface area contributed by atoms with Gasteiger partial charge in [0.05, 0.1) is 25.1 Å². The Kier molecular flexibility index (Phi) is 9.82. The van der Waals surface area contributed by atoms with Gasteiger partial charge in [-0.2, -0.15) is 13.2 Å². The van der Waals surface area contributed by atoms with Crippen LogP contribution < -0.4 is 5.32 Å². The first-order valence-electron chi connectivity index (χ1n) is 13.5. The van der Waals surface area contributed by atoms with Crippen molar-refractivity contribution in [2.75, 3.05) is 19.3 Å². The van der Waals surface area contributed by atoms with Gasteiger partial charge in [-0.25, -0.2) is 0 Å². The molecule has 0 fully saturated rings. The van der Waals surface area contributed by atoms with Crippen molar-refractivity contribution in [1.82, 2.24) is 10.3 Å². The second kappa shape index (κ2) is 13.1. The number of alkyl halides is 3. The van der Waals surface area contributed by atoms with Crippen molar-refractivity contribution in [2.24, 2.45) is 0 Å². The lowest BCUT2D eigenvalue weighted by atomic mass is 9.73. The molecular formula is C30H34F3N2O4P. The Morgan fingerprint density at radius 1 is 0.925 bits per heavy atom. The predicted octanol–water partition coefficient (Wildman–Crippen LogP) is 7.42. The molecule has 40 heavy (non-hydrogen) atoms. The van der Waals surface area contributed by atoms with Crippen LogP contribution in [0, 0.1) is 0 Å². The molecule has 0 spiro atoms. The van der Waals surface area contributed by atoms with E-state index in [1.54, 1.807) is 42.6 Å². The summed E-state index contributed by atoms with van der Waals surface area (Å²) < 4.78 is 64.4. The predicted molar refractivity (Wildman–Crippen MR) is 148 cm³/mol. The average molecular weight is 575 g/mol. The van der Waals surface area contributed by atoms with E-state index in [-0.39, 0.29) is 19.2 Å². The van der Waals surface area contributed by atoms with Gasteiger partial charge in [0.1, 0.15) is 12.0 Å². The fraction of sp³-hybridized carbons (Fsp3) is 0.400. The smallest absolute Gasteiger partial charge is 0.346 e. The SMILES string of the molecule is CCCCOP(=O)(CCCCC1(C(=O)NCC(F)(F)F)c2ccccc2-c2ccccc21)OCc1ccccn1. The summed E-state index contributed by atoms with van der Waals surface area (Å²) in [6.45, 7) is 0.915. The molecule has 0 aliphatic heterocycles. The molecule has 0 saturated carbocycles. The minimum Gasteiger partial charge on any atom is -0.346 e. The van der Waals surface area contributed by atoms with Gasteiger partial charge in [0.15, 0.2) is 0 Å². The van der Waals surface area contributed by atoms with Crippen LogP contribution in [0.25, 0.3) is 11.1 Å². The van der Waals surface area contributed by atoms with Gasteiger partial charge in [-0.1, -0.05) is 74.4 Å². The van der Waals surface area contributed by atoms with Gasteiger partial charge in [-0.05, 0) is 53.6 Å². The molecule has 1 aromatic heterocycles. The molecule has 1 aliphatic rings. The van der Waals surface area contributed by atoms with Gasteiger partial charge in [0, 0.05) is 6.20 Å². The number of carbonyl (C=O) groups excluding carboxylic acids is 1. The monoisotopic (exact) mass is 574 g/mol. The molecule has 4 rings (SSSR count). The van der Waals surface area contributed by atoms with Crippen LogP contribution in [0.3, 0.4) is 0 Å². The lowest BCUT2D eigenvalue weighted by Crippen LogP contribution is -2.47. The molecule has 1 unspecified atom stereocenters. The summed E-state index contributed by atoms with van der Waals surface area (Å²) in [5.41, 5.74) is 2.32. The van der Waals surface area contributed by atoms with Crippen molar-refractivity contribution in [2.45, 2.75) is 57.2 Å². The van der Waals surface area contributed by atoms with Crippen LogP contribution in [-0.2, 0) is 30.4 Å². The van der Waals surface area contributed by atoms with E-state index < -0.39 is 31.6 Å². The third-order valence-electron chi connectivity index (χ3n) is 7.06. The van der Waals surface area contributed by atoms with Gasteiger partial charge in [-0.15, -0.1) is 0 Å². The summed E-state index contributed by atoms with van der Waals surface area (Å²) in [5, 5.41) is 2.14. The molecule has 0 saturated heterocycles. The molecule has 1 aliphatic carbocycles. The molecule has 1 atom stereocenters. The molecule has 214 valence electrons. The second-order valence-corrected chi connectivity index (χ2v) is 12.1. The zero-order valence-corrected chi connectivity index (χ0v) is 23.3. The molecule has 3 aromatic rings. The van der Waals surface area contributed by atoms with Crippen molar-refractivity contribution in [3.8, 4) is 11.1 Å². The number of aromatic nitrogens is 1. The molecule has 1 amide bonds. The summed E-state index contributed by atoms with van der Waals surface area (Å²) >= 11 is 0. The Hall–Kier alpha value is -3.00. The van der Waals surface area contributed by atoms with Crippen molar-refractivity contribution in [3.63, 3.8) is 0 Å². The van der Waals surface area contributed by atoms with Crippen molar-refractivity contribution in [1.29, 1.82) is 0 Å². The fourth-order valence-electron chi connectivity index (χ4n) is 5.14. The molecule has 10 heteroatoms. The van der Waals surface area contributed by atoms with Crippen LogP contribution in [0.15, 0.2) is 72.9 Å². The summed E-state index contributed by atoms with van der Waals surface area (Å²) in [5.74, 6) is -0.698. The minimum atomic E-state index is -4.54. The van der Waals surface area contributed by atoms with Crippen molar-refractivity contribution >= 4 is 13.5 Å². The van der Waals surface area contributed by atoms with E-state index in [9.17, 15) is 22.5 Å². The number of amides is 1. The van der Waals surface area contributed by atoms with E-state index >= 15 is 0 Å². The highest BCUT2D eigenvalue weighted by Gasteiger charge is 2.49. The van der Waals surface area contributed by atoms with Gasteiger partial charge < -0.3 is 14.4 Å². The molecule has 0 bridgehead atoms. The van der Waals surface area contributed by atoms with E-state index in [1.807, 2.05) is 37.3 Å². The highest BCUT2D eigenvalue weighted by molar-refractivity contribution is 7.53. The summed E-state index contributed by atoms with van der Waals surface area (Å²) in [7, 11) is -3.48. The number of hydrogen-bond donors (Lipinski definition) is 1. The minimum absolute atomic E-state index is 0.0365. The van der Waals surface area contributed by atoms with Gasteiger partial charge in [-0.3, -0.25) is 14.3 Å². The number of carbonyl (C=O) groups is 1. The van der Waals surface area contributed by atoms with Crippen LogP contribution in [0.4, 0.5) is 13.2 Å². The van der Waals surface area contributed by atoms with Crippen LogP contribution in [0.1, 0.15) is 55.8 Å². The Labute approximate surface area is 232 Å². The fourth-order valence-corrected chi connectivity index (χ4v) is 6.82. The number of nitrogens with zero attached hydrogens (tertiary/aromatic N) is 1. The topological polar surface area (TPSA) is 77.5 Å². The van der Waals surface area contributed by atoms with Gasteiger partial charge in [0.2, 0.25) is 5.91 Å². The van der Waals surface area contributed by atoms with Crippen molar-refractivity contribution in [3.05, 3.63) is 89.7 Å². The number of fused-ring (bicyclic) bond motifs is 3. The molecule has 1 heterocycles. The quantitative estimate of drug-likeness (QED) is 0.160. The van der Waals surface area contributed by atoms with E-state index in [4.69, 9.17) is 9.05 Å². The Morgan fingerprint density at radius 3 is 2.17 bits per heavy atom. The molecule has 2 aromatic carbocycles.